The van der Waals surface area contributed by atoms with Crippen molar-refractivity contribution >= 4 is 5.91 Å². The largest absolute Gasteiger partial charge is 0.494 e. The summed E-state index contributed by atoms with van der Waals surface area (Å²) in [6.07, 6.45) is 0. The second kappa shape index (κ2) is 7.57. The van der Waals surface area contributed by atoms with E-state index in [1.165, 1.54) is 0 Å². The van der Waals surface area contributed by atoms with E-state index in [1.807, 2.05) is 43.3 Å². The third kappa shape index (κ3) is 4.00. The van der Waals surface area contributed by atoms with Crippen LogP contribution in [-0.4, -0.2) is 32.7 Å². The Morgan fingerprint density at radius 2 is 2.00 bits per heavy atom. The minimum atomic E-state index is -0.147. The molecule has 0 unspecified atom stereocenters. The van der Waals surface area contributed by atoms with E-state index in [0.29, 0.717) is 24.5 Å². The molecule has 0 aliphatic carbocycles. The summed E-state index contributed by atoms with van der Waals surface area (Å²) in [5, 5.41) is 14.3. The Hall–Kier alpha value is -3.22. The molecule has 25 heavy (non-hydrogen) atoms. The van der Waals surface area contributed by atoms with E-state index in [9.17, 15) is 4.79 Å². The first kappa shape index (κ1) is 16.6. The van der Waals surface area contributed by atoms with Crippen molar-refractivity contribution in [2.75, 3.05) is 6.61 Å². The van der Waals surface area contributed by atoms with E-state index < -0.39 is 0 Å². The van der Waals surface area contributed by atoms with Gasteiger partial charge in [-0.1, -0.05) is 24.3 Å². The van der Waals surface area contributed by atoms with Gasteiger partial charge in [0.15, 0.2) is 5.82 Å². The maximum atomic E-state index is 12.4. The highest BCUT2D eigenvalue weighted by molar-refractivity contribution is 5.95. The van der Waals surface area contributed by atoms with Gasteiger partial charge in [-0.15, -0.1) is 5.10 Å². The fourth-order valence-corrected chi connectivity index (χ4v) is 2.43. The second-order valence-electron chi connectivity index (χ2n) is 5.47. The number of hydrogen-bond acceptors (Lipinski definition) is 5. The Morgan fingerprint density at radius 3 is 2.68 bits per heavy atom. The van der Waals surface area contributed by atoms with Gasteiger partial charge in [0.25, 0.3) is 5.91 Å². The molecule has 0 saturated heterocycles. The number of rotatable bonds is 6. The molecule has 3 aromatic rings. The van der Waals surface area contributed by atoms with Gasteiger partial charge >= 0.3 is 0 Å². The average Bonchev–Trinajstić information content (AvgIpc) is 3.07. The third-order valence-corrected chi connectivity index (χ3v) is 3.69. The molecule has 3 rings (SSSR count). The van der Waals surface area contributed by atoms with Gasteiger partial charge in [0.05, 0.1) is 6.61 Å². The van der Waals surface area contributed by atoms with Crippen molar-refractivity contribution in [2.45, 2.75) is 13.5 Å². The summed E-state index contributed by atoms with van der Waals surface area (Å²) in [6, 6.07) is 14.9. The molecule has 1 aromatic heterocycles. The fraction of sp³-hybridized carbons (Fsp3) is 0.222. The molecule has 2 aromatic carbocycles. The smallest absolute Gasteiger partial charge is 0.251 e. The molecule has 7 nitrogen and oxygen atoms in total. The summed E-state index contributed by atoms with van der Waals surface area (Å²) >= 11 is 0. The van der Waals surface area contributed by atoms with Crippen molar-refractivity contribution in [3.63, 3.8) is 0 Å². The van der Waals surface area contributed by atoms with E-state index in [0.717, 1.165) is 16.9 Å². The Morgan fingerprint density at radius 1 is 1.20 bits per heavy atom. The molecule has 0 atom stereocenters. The molecule has 0 saturated carbocycles. The van der Waals surface area contributed by atoms with Gasteiger partial charge in [-0.05, 0) is 47.2 Å². The molecule has 128 valence electrons. The zero-order valence-corrected chi connectivity index (χ0v) is 14.1. The first-order chi connectivity index (χ1) is 12.2. The van der Waals surface area contributed by atoms with Gasteiger partial charge in [0.2, 0.25) is 0 Å². The number of benzene rings is 2. The van der Waals surface area contributed by atoms with E-state index in [-0.39, 0.29) is 5.91 Å². The molecule has 7 heteroatoms. The Balaban J connectivity index is 1.66. The van der Waals surface area contributed by atoms with Gasteiger partial charge in [0, 0.05) is 24.7 Å². The standard InChI is InChI=1S/C18H19N5O2/c1-3-25-16-9-7-13(8-10-16)12-19-18(24)15-6-4-5-14(11-15)17-20-21-22-23(17)2/h4-11H,3,12H2,1-2H3,(H,19,24). The fourth-order valence-electron chi connectivity index (χ4n) is 2.43. The number of aryl methyl sites for hydroxylation is 1. The lowest BCUT2D eigenvalue weighted by atomic mass is 10.1. The van der Waals surface area contributed by atoms with Gasteiger partial charge in [-0.25, -0.2) is 4.68 Å². The number of carbonyl (C=O) groups excluding carboxylic acids is 1. The Labute approximate surface area is 145 Å². The number of tetrazole rings is 1. The number of ether oxygens (including phenoxy) is 1. The van der Waals surface area contributed by atoms with Crippen LogP contribution in [0.4, 0.5) is 0 Å². The first-order valence-electron chi connectivity index (χ1n) is 8.00. The highest BCUT2D eigenvalue weighted by Gasteiger charge is 2.10. The van der Waals surface area contributed by atoms with Crippen LogP contribution in [0.25, 0.3) is 11.4 Å². The molecule has 1 N–H and O–H groups in total. The lowest BCUT2D eigenvalue weighted by Gasteiger charge is -2.08. The van der Waals surface area contributed by atoms with Gasteiger partial charge in [-0.3, -0.25) is 4.79 Å². The number of nitrogens with zero attached hydrogens (tertiary/aromatic N) is 4. The molecule has 0 fully saturated rings. The van der Waals surface area contributed by atoms with Crippen LogP contribution in [0.2, 0.25) is 0 Å². The summed E-state index contributed by atoms with van der Waals surface area (Å²) in [4.78, 5) is 12.4. The minimum absolute atomic E-state index is 0.147. The monoisotopic (exact) mass is 337 g/mol. The van der Waals surface area contributed by atoms with Crippen molar-refractivity contribution < 1.29 is 9.53 Å². The lowest BCUT2D eigenvalue weighted by Crippen LogP contribution is -2.22. The van der Waals surface area contributed by atoms with E-state index in [4.69, 9.17) is 4.74 Å². The molecular formula is C18H19N5O2. The van der Waals surface area contributed by atoms with Crippen molar-refractivity contribution in [3.05, 3.63) is 59.7 Å². The van der Waals surface area contributed by atoms with Gasteiger partial charge < -0.3 is 10.1 Å². The van der Waals surface area contributed by atoms with E-state index in [1.54, 1.807) is 23.9 Å². The number of nitrogens with one attached hydrogen (secondary N) is 1. The summed E-state index contributed by atoms with van der Waals surface area (Å²) in [5.41, 5.74) is 2.36. The second-order valence-corrected chi connectivity index (χ2v) is 5.47. The van der Waals surface area contributed by atoms with Crippen LogP contribution >= 0.6 is 0 Å². The predicted octanol–water partition coefficient (Wildman–Crippen LogP) is 2.21. The summed E-state index contributed by atoms with van der Waals surface area (Å²) < 4.78 is 6.97. The maximum Gasteiger partial charge on any atom is 0.251 e. The highest BCUT2D eigenvalue weighted by Crippen LogP contribution is 2.17. The van der Waals surface area contributed by atoms with Crippen molar-refractivity contribution in [1.29, 1.82) is 0 Å². The van der Waals surface area contributed by atoms with Crippen LogP contribution < -0.4 is 10.1 Å². The Kier molecular flexibility index (Phi) is 5.03. The van der Waals surface area contributed by atoms with Crippen LogP contribution in [0.15, 0.2) is 48.5 Å². The number of amides is 1. The summed E-state index contributed by atoms with van der Waals surface area (Å²) in [6.45, 7) is 3.02. The van der Waals surface area contributed by atoms with Crippen molar-refractivity contribution in [1.82, 2.24) is 25.5 Å². The Bertz CT molecular complexity index is 858. The zero-order chi connectivity index (χ0) is 17.6. The molecule has 0 spiro atoms. The molecule has 0 radical (unpaired) electrons. The first-order valence-corrected chi connectivity index (χ1v) is 8.00. The van der Waals surface area contributed by atoms with Crippen LogP contribution in [0.3, 0.4) is 0 Å². The van der Waals surface area contributed by atoms with Crippen molar-refractivity contribution in [3.8, 4) is 17.1 Å². The molecular weight excluding hydrogens is 318 g/mol. The highest BCUT2D eigenvalue weighted by atomic mass is 16.5. The maximum absolute atomic E-state index is 12.4. The SMILES string of the molecule is CCOc1ccc(CNC(=O)c2cccc(-c3nnnn3C)c2)cc1. The van der Waals surface area contributed by atoms with Crippen LogP contribution in [0.1, 0.15) is 22.8 Å². The topological polar surface area (TPSA) is 81.9 Å². The van der Waals surface area contributed by atoms with Gasteiger partial charge in [0.1, 0.15) is 5.75 Å². The minimum Gasteiger partial charge on any atom is -0.494 e. The average molecular weight is 337 g/mol. The summed E-state index contributed by atoms with van der Waals surface area (Å²) in [7, 11) is 1.76. The number of hydrogen-bond donors (Lipinski definition) is 1. The van der Waals surface area contributed by atoms with Crippen LogP contribution in [0.5, 0.6) is 5.75 Å². The van der Waals surface area contributed by atoms with Crippen LogP contribution in [0, 0.1) is 0 Å². The van der Waals surface area contributed by atoms with E-state index in [2.05, 4.69) is 20.8 Å². The normalized spacial score (nSPS) is 10.5. The molecule has 1 heterocycles. The lowest BCUT2D eigenvalue weighted by molar-refractivity contribution is 0.0951. The number of aromatic nitrogens is 4. The van der Waals surface area contributed by atoms with E-state index >= 15 is 0 Å². The predicted molar refractivity (Wildman–Crippen MR) is 93.0 cm³/mol. The quantitative estimate of drug-likeness (QED) is 0.746. The van der Waals surface area contributed by atoms with Crippen molar-refractivity contribution in [2.24, 2.45) is 7.05 Å². The number of carbonyl (C=O) groups is 1. The van der Waals surface area contributed by atoms with Gasteiger partial charge in [-0.2, -0.15) is 0 Å². The summed E-state index contributed by atoms with van der Waals surface area (Å²) in [5.74, 6) is 1.29. The third-order valence-electron chi connectivity index (χ3n) is 3.69. The zero-order valence-electron chi connectivity index (χ0n) is 14.1. The molecule has 1 amide bonds. The molecule has 0 bridgehead atoms. The molecule has 0 aliphatic rings. The molecule has 0 aliphatic heterocycles. The van der Waals surface area contributed by atoms with Crippen LogP contribution in [-0.2, 0) is 13.6 Å².